The monoisotopic (exact) mass is 390 g/mol. The Labute approximate surface area is 156 Å². The maximum absolute atomic E-state index is 12.6. The summed E-state index contributed by atoms with van der Waals surface area (Å²) in [5, 5.41) is 4.53. The lowest BCUT2D eigenvalue weighted by atomic mass is 9.95. The van der Waals surface area contributed by atoms with Crippen molar-refractivity contribution < 1.29 is 22.7 Å². The minimum Gasteiger partial charge on any atom is -0.439 e. The average molecular weight is 390 g/mol. The average Bonchev–Trinajstić information content (AvgIpc) is 2.89. The molecule has 1 aliphatic rings. The van der Waals surface area contributed by atoms with Gasteiger partial charge < -0.3 is 10.1 Å². The van der Waals surface area contributed by atoms with E-state index in [1.807, 2.05) is 0 Å². The van der Waals surface area contributed by atoms with Gasteiger partial charge in [-0.25, -0.2) is 22.9 Å². The molecule has 0 unspecified atom stereocenters. The number of hydrogen-bond donors (Lipinski definition) is 3. The van der Waals surface area contributed by atoms with E-state index < -0.39 is 33.5 Å². The normalized spacial score (nSPS) is 20.7. The summed E-state index contributed by atoms with van der Waals surface area (Å²) in [4.78, 5) is 27.3. The van der Waals surface area contributed by atoms with Crippen LogP contribution in [0.15, 0.2) is 53.6 Å². The first kappa shape index (κ1) is 18.8. The number of urea groups is 1. The van der Waals surface area contributed by atoms with E-state index in [4.69, 9.17) is 4.74 Å². The van der Waals surface area contributed by atoms with Crippen molar-refractivity contribution in [2.24, 2.45) is 0 Å². The highest BCUT2D eigenvalue weighted by atomic mass is 32.2. The molecule has 1 fully saturated rings. The van der Waals surface area contributed by atoms with Crippen LogP contribution in [0.3, 0.4) is 0 Å². The number of imide groups is 1. The predicted octanol–water partition coefficient (Wildman–Crippen LogP) is 1.14. The largest absolute Gasteiger partial charge is 0.439 e. The van der Waals surface area contributed by atoms with Crippen molar-refractivity contribution in [3.63, 3.8) is 0 Å². The molecule has 0 radical (unpaired) electrons. The van der Waals surface area contributed by atoms with Gasteiger partial charge in [-0.15, -0.1) is 0 Å². The highest BCUT2D eigenvalue weighted by Crippen LogP contribution is 2.22. The van der Waals surface area contributed by atoms with Gasteiger partial charge in [0.1, 0.15) is 11.3 Å². The lowest BCUT2D eigenvalue weighted by Crippen LogP contribution is -2.59. The van der Waals surface area contributed by atoms with Gasteiger partial charge in [0, 0.05) is 12.3 Å². The van der Waals surface area contributed by atoms with Crippen molar-refractivity contribution in [2.45, 2.75) is 30.3 Å². The van der Waals surface area contributed by atoms with E-state index in [0.717, 1.165) is 0 Å². The third-order valence-corrected chi connectivity index (χ3v) is 5.82. The summed E-state index contributed by atoms with van der Waals surface area (Å²) in [5.41, 5.74) is -1.38. The second-order valence-electron chi connectivity index (χ2n) is 6.20. The number of rotatable bonds is 6. The molecule has 0 aliphatic carbocycles. The Bertz CT molecular complexity index is 963. The number of hydrogen-bond acceptors (Lipinski definition) is 6. The zero-order valence-electron chi connectivity index (χ0n) is 14.6. The van der Waals surface area contributed by atoms with Gasteiger partial charge in [0.2, 0.25) is 15.9 Å². The van der Waals surface area contributed by atoms with Crippen LogP contribution in [-0.2, 0) is 14.8 Å². The van der Waals surface area contributed by atoms with Crippen LogP contribution in [0.2, 0.25) is 0 Å². The fourth-order valence-electron chi connectivity index (χ4n) is 2.50. The van der Waals surface area contributed by atoms with Crippen LogP contribution in [0.4, 0.5) is 4.79 Å². The number of ether oxygens (including phenoxy) is 1. The van der Waals surface area contributed by atoms with Crippen LogP contribution < -0.4 is 20.1 Å². The fourth-order valence-corrected chi connectivity index (χ4v) is 3.83. The zero-order chi connectivity index (χ0) is 19.7. The molecule has 1 aromatic carbocycles. The first-order valence-electron chi connectivity index (χ1n) is 8.05. The van der Waals surface area contributed by atoms with Crippen LogP contribution >= 0.6 is 0 Å². The summed E-state index contributed by atoms with van der Waals surface area (Å²) >= 11 is 0. The molecule has 2 atom stereocenters. The van der Waals surface area contributed by atoms with Gasteiger partial charge >= 0.3 is 6.03 Å². The van der Waals surface area contributed by atoms with Crippen molar-refractivity contribution in [3.8, 4) is 11.6 Å². The number of nitrogens with one attached hydrogen (secondary N) is 3. The Morgan fingerprint density at radius 1 is 1.15 bits per heavy atom. The van der Waals surface area contributed by atoms with Gasteiger partial charge in [0.05, 0.1) is 10.9 Å². The summed E-state index contributed by atoms with van der Waals surface area (Å²) in [5.74, 6) is 0.215. The van der Waals surface area contributed by atoms with Gasteiger partial charge in [-0.05, 0) is 44.2 Å². The summed E-state index contributed by atoms with van der Waals surface area (Å²) in [6.45, 7) is 2.95. The van der Waals surface area contributed by atoms with Crippen LogP contribution in [0.1, 0.15) is 13.8 Å². The SMILES string of the molecule is C[C@@H](NS(=O)(=O)c1ccc(Oc2ccccn2)cc1)[C@]1(C)NC(=O)NC1=O. The highest BCUT2D eigenvalue weighted by Gasteiger charge is 2.47. The van der Waals surface area contributed by atoms with Gasteiger partial charge in [0.15, 0.2) is 0 Å². The van der Waals surface area contributed by atoms with Crippen molar-refractivity contribution in [3.05, 3.63) is 48.7 Å². The van der Waals surface area contributed by atoms with Gasteiger partial charge in [0.25, 0.3) is 5.91 Å². The second kappa shape index (κ2) is 6.97. The van der Waals surface area contributed by atoms with Crippen molar-refractivity contribution in [1.82, 2.24) is 20.3 Å². The maximum Gasteiger partial charge on any atom is 0.322 e. The number of sulfonamides is 1. The summed E-state index contributed by atoms with van der Waals surface area (Å²) in [6, 6.07) is 9.41. The van der Waals surface area contributed by atoms with Crippen molar-refractivity contribution in [2.75, 3.05) is 0 Å². The smallest absolute Gasteiger partial charge is 0.322 e. The van der Waals surface area contributed by atoms with Crippen LogP contribution in [0.5, 0.6) is 11.6 Å². The molecule has 1 aromatic heterocycles. The number of carbonyl (C=O) groups excluding carboxylic acids is 2. The van der Waals surface area contributed by atoms with Crippen LogP contribution in [-0.4, -0.2) is 36.9 Å². The first-order valence-corrected chi connectivity index (χ1v) is 9.54. The Balaban J connectivity index is 1.73. The highest BCUT2D eigenvalue weighted by molar-refractivity contribution is 7.89. The van der Waals surface area contributed by atoms with Crippen molar-refractivity contribution >= 4 is 22.0 Å². The zero-order valence-corrected chi connectivity index (χ0v) is 15.4. The molecule has 10 heteroatoms. The molecule has 0 bridgehead atoms. The van der Waals surface area contributed by atoms with Gasteiger partial charge in [-0.1, -0.05) is 6.07 Å². The molecular formula is C17H18N4O5S. The Kier molecular flexibility index (Phi) is 4.85. The predicted molar refractivity (Wildman–Crippen MR) is 95.6 cm³/mol. The summed E-state index contributed by atoms with van der Waals surface area (Å²) in [6.07, 6.45) is 1.58. The van der Waals surface area contributed by atoms with E-state index in [1.165, 1.54) is 38.1 Å². The molecule has 9 nitrogen and oxygen atoms in total. The van der Waals surface area contributed by atoms with Crippen molar-refractivity contribution in [1.29, 1.82) is 0 Å². The number of amides is 3. The van der Waals surface area contributed by atoms with E-state index in [1.54, 1.807) is 24.4 Å². The number of aromatic nitrogens is 1. The molecule has 3 N–H and O–H groups in total. The summed E-state index contributed by atoms with van der Waals surface area (Å²) < 4.78 is 33.1. The number of benzene rings is 1. The molecule has 3 amide bonds. The van der Waals surface area contributed by atoms with E-state index in [-0.39, 0.29) is 4.90 Å². The lowest BCUT2D eigenvalue weighted by Gasteiger charge is -2.28. The number of pyridine rings is 1. The molecule has 0 spiro atoms. The van der Waals surface area contributed by atoms with E-state index in [0.29, 0.717) is 11.6 Å². The molecule has 1 saturated heterocycles. The minimum absolute atomic E-state index is 0.00366. The number of nitrogens with zero attached hydrogens (tertiary/aromatic N) is 1. The Hall–Kier alpha value is -2.98. The van der Waals surface area contributed by atoms with E-state index in [2.05, 4.69) is 20.3 Å². The van der Waals surface area contributed by atoms with Gasteiger partial charge in [-0.3, -0.25) is 10.1 Å². The third-order valence-electron chi connectivity index (χ3n) is 4.26. The second-order valence-corrected chi connectivity index (χ2v) is 7.91. The Morgan fingerprint density at radius 3 is 2.41 bits per heavy atom. The summed E-state index contributed by atoms with van der Waals surface area (Å²) in [7, 11) is -3.92. The quantitative estimate of drug-likeness (QED) is 0.635. The maximum atomic E-state index is 12.6. The third kappa shape index (κ3) is 3.91. The minimum atomic E-state index is -3.92. The molecule has 0 saturated carbocycles. The molecule has 142 valence electrons. The standard InChI is InChI=1S/C17H18N4O5S/c1-11(17(2)15(22)19-16(23)20-17)21-27(24,25)13-8-6-12(7-9-13)26-14-5-3-4-10-18-14/h3-11,21H,1-2H3,(H2,19,20,22,23)/t11-,17+/m1/s1. The van der Waals surface area contributed by atoms with Crippen LogP contribution in [0, 0.1) is 0 Å². The molecule has 27 heavy (non-hydrogen) atoms. The Morgan fingerprint density at radius 2 is 1.85 bits per heavy atom. The molecule has 1 aliphatic heterocycles. The number of carbonyl (C=O) groups is 2. The molecule has 2 heterocycles. The van der Waals surface area contributed by atoms with Crippen LogP contribution in [0.25, 0.3) is 0 Å². The fraction of sp³-hybridized carbons (Fsp3) is 0.235. The lowest BCUT2D eigenvalue weighted by molar-refractivity contribution is -0.124. The molecule has 3 rings (SSSR count). The topological polar surface area (TPSA) is 126 Å². The first-order chi connectivity index (χ1) is 12.7. The van der Waals surface area contributed by atoms with E-state index in [9.17, 15) is 18.0 Å². The molecule has 2 aromatic rings. The molecular weight excluding hydrogens is 372 g/mol. The van der Waals surface area contributed by atoms with E-state index >= 15 is 0 Å². The van der Waals surface area contributed by atoms with Gasteiger partial charge in [-0.2, -0.15) is 0 Å².